The number of aryl methyl sites for hydroxylation is 1. The zero-order valence-corrected chi connectivity index (χ0v) is 15.3. The molecule has 0 saturated carbocycles. The Morgan fingerprint density at radius 2 is 1.79 bits per heavy atom. The van der Waals surface area contributed by atoms with Gasteiger partial charge >= 0.3 is 0 Å². The van der Waals surface area contributed by atoms with Gasteiger partial charge < -0.3 is 9.80 Å². The first kappa shape index (κ1) is 18.5. The van der Waals surface area contributed by atoms with Crippen LogP contribution < -0.4 is 4.90 Å². The van der Waals surface area contributed by atoms with Gasteiger partial charge in [0.25, 0.3) is 0 Å². The average molecular weight is 330 g/mol. The van der Waals surface area contributed by atoms with E-state index in [0.717, 1.165) is 50.0 Å². The van der Waals surface area contributed by atoms with Crippen LogP contribution in [0.25, 0.3) is 0 Å². The fourth-order valence-electron chi connectivity index (χ4n) is 3.26. The maximum Gasteiger partial charge on any atom is 0.228 e. The van der Waals surface area contributed by atoms with E-state index in [2.05, 4.69) is 13.8 Å². The summed E-state index contributed by atoms with van der Waals surface area (Å²) in [5, 5.41) is 0. The first-order chi connectivity index (χ1) is 11.6. The molecular weight excluding hydrogens is 300 g/mol. The third-order valence-corrected chi connectivity index (χ3v) is 4.76. The van der Waals surface area contributed by atoms with Crippen LogP contribution >= 0.6 is 0 Å². The average Bonchev–Trinajstić information content (AvgIpc) is 2.96. The molecule has 4 heteroatoms. The zero-order valence-electron chi connectivity index (χ0n) is 15.3. The third-order valence-electron chi connectivity index (χ3n) is 4.76. The number of nitrogens with zero attached hydrogens (tertiary/aromatic N) is 2. The number of carbonyl (C=O) groups excluding carboxylic acids is 2. The molecule has 1 aromatic carbocycles. The molecule has 1 heterocycles. The topological polar surface area (TPSA) is 40.6 Å². The summed E-state index contributed by atoms with van der Waals surface area (Å²) in [6.07, 6.45) is 4.54. The van der Waals surface area contributed by atoms with Gasteiger partial charge in [-0.05, 0) is 31.4 Å². The zero-order chi connectivity index (χ0) is 17.5. The van der Waals surface area contributed by atoms with Crippen molar-refractivity contribution in [1.29, 1.82) is 0 Å². The molecule has 1 aliphatic heterocycles. The minimum atomic E-state index is -0.203. The Balaban J connectivity index is 2.07. The van der Waals surface area contributed by atoms with Crippen molar-refractivity contribution < 1.29 is 9.59 Å². The summed E-state index contributed by atoms with van der Waals surface area (Å²) in [6, 6.07) is 7.89. The Morgan fingerprint density at radius 1 is 1.17 bits per heavy atom. The highest BCUT2D eigenvalue weighted by atomic mass is 16.2. The molecule has 0 bridgehead atoms. The van der Waals surface area contributed by atoms with E-state index in [-0.39, 0.29) is 17.7 Å². The molecule has 1 fully saturated rings. The first-order valence-corrected chi connectivity index (χ1v) is 9.23. The van der Waals surface area contributed by atoms with Crippen LogP contribution in [0.5, 0.6) is 0 Å². The maximum atomic E-state index is 12.9. The highest BCUT2D eigenvalue weighted by Crippen LogP contribution is 2.28. The summed E-state index contributed by atoms with van der Waals surface area (Å²) in [6.45, 7) is 8.42. The van der Waals surface area contributed by atoms with Crippen molar-refractivity contribution in [3.63, 3.8) is 0 Å². The third kappa shape index (κ3) is 4.37. The molecule has 1 aliphatic rings. The van der Waals surface area contributed by atoms with E-state index in [1.807, 2.05) is 36.1 Å². The molecule has 1 atom stereocenters. The molecule has 1 aromatic rings. The van der Waals surface area contributed by atoms with Crippen molar-refractivity contribution in [2.45, 2.75) is 52.9 Å². The van der Waals surface area contributed by atoms with E-state index in [1.54, 1.807) is 4.90 Å². The normalized spacial score (nSPS) is 17.4. The lowest BCUT2D eigenvalue weighted by atomic mass is 10.1. The van der Waals surface area contributed by atoms with Crippen molar-refractivity contribution in [1.82, 2.24) is 4.90 Å². The number of anilines is 1. The van der Waals surface area contributed by atoms with Gasteiger partial charge in [-0.2, -0.15) is 0 Å². The molecule has 2 rings (SSSR count). The molecule has 1 saturated heterocycles. The summed E-state index contributed by atoms with van der Waals surface area (Å²) < 4.78 is 0. The Morgan fingerprint density at radius 3 is 2.38 bits per heavy atom. The molecule has 132 valence electrons. The van der Waals surface area contributed by atoms with Crippen LogP contribution in [0, 0.1) is 12.8 Å². The molecule has 0 spiro atoms. The highest BCUT2D eigenvalue weighted by Gasteiger charge is 2.37. The van der Waals surface area contributed by atoms with E-state index in [4.69, 9.17) is 0 Å². The number of amides is 2. The molecule has 1 unspecified atom stereocenters. The van der Waals surface area contributed by atoms with Crippen molar-refractivity contribution in [2.24, 2.45) is 5.92 Å². The number of rotatable bonds is 8. The van der Waals surface area contributed by atoms with Gasteiger partial charge in [0.1, 0.15) is 0 Å². The lowest BCUT2D eigenvalue weighted by molar-refractivity contribution is -0.136. The molecule has 0 N–H and O–H groups in total. The van der Waals surface area contributed by atoms with Crippen LogP contribution in [0.4, 0.5) is 5.69 Å². The van der Waals surface area contributed by atoms with Crippen LogP contribution in [0.1, 0.15) is 51.5 Å². The second-order valence-corrected chi connectivity index (χ2v) is 6.72. The maximum absolute atomic E-state index is 12.9. The largest absolute Gasteiger partial charge is 0.342 e. The van der Waals surface area contributed by atoms with Crippen molar-refractivity contribution in [2.75, 3.05) is 24.5 Å². The van der Waals surface area contributed by atoms with Gasteiger partial charge in [0.15, 0.2) is 0 Å². The lowest BCUT2D eigenvalue weighted by Crippen LogP contribution is -2.38. The number of para-hydroxylation sites is 1. The first-order valence-electron chi connectivity index (χ1n) is 9.23. The van der Waals surface area contributed by atoms with E-state index in [0.29, 0.717) is 13.0 Å². The molecule has 0 aromatic heterocycles. The Bertz CT molecular complexity index is 563. The molecule has 0 aliphatic carbocycles. The minimum Gasteiger partial charge on any atom is -0.342 e. The highest BCUT2D eigenvalue weighted by molar-refractivity contribution is 6.00. The van der Waals surface area contributed by atoms with E-state index in [9.17, 15) is 9.59 Å². The van der Waals surface area contributed by atoms with Crippen LogP contribution in [0.3, 0.4) is 0 Å². The molecule has 4 nitrogen and oxygen atoms in total. The van der Waals surface area contributed by atoms with Crippen molar-refractivity contribution in [3.05, 3.63) is 29.8 Å². The van der Waals surface area contributed by atoms with Gasteiger partial charge in [-0.15, -0.1) is 0 Å². The van der Waals surface area contributed by atoms with Crippen LogP contribution in [0.15, 0.2) is 24.3 Å². The summed E-state index contributed by atoms with van der Waals surface area (Å²) in [4.78, 5) is 29.1. The van der Waals surface area contributed by atoms with Gasteiger partial charge in [0.05, 0.1) is 5.92 Å². The summed E-state index contributed by atoms with van der Waals surface area (Å²) in [5.74, 6) is 0.0146. The van der Waals surface area contributed by atoms with Gasteiger partial charge in [-0.25, -0.2) is 0 Å². The quantitative estimate of drug-likeness (QED) is 0.728. The van der Waals surface area contributed by atoms with Crippen molar-refractivity contribution in [3.8, 4) is 0 Å². The van der Waals surface area contributed by atoms with Crippen LogP contribution in [-0.4, -0.2) is 36.3 Å². The number of benzene rings is 1. The predicted octanol–water partition coefficient (Wildman–Crippen LogP) is 3.78. The SMILES string of the molecule is CCCCN(CCCC)C(=O)C1CC(=O)N(c2ccccc2C)C1. The second kappa shape index (κ2) is 8.86. The smallest absolute Gasteiger partial charge is 0.228 e. The number of hydrogen-bond acceptors (Lipinski definition) is 2. The lowest BCUT2D eigenvalue weighted by Gasteiger charge is -2.25. The van der Waals surface area contributed by atoms with Crippen molar-refractivity contribution >= 4 is 17.5 Å². The predicted molar refractivity (Wildman–Crippen MR) is 98.0 cm³/mol. The minimum absolute atomic E-state index is 0.0635. The van der Waals surface area contributed by atoms with Gasteiger partial charge in [0, 0.05) is 31.7 Å². The van der Waals surface area contributed by atoms with E-state index in [1.165, 1.54) is 0 Å². The number of unbranched alkanes of at least 4 members (excludes halogenated alkanes) is 2. The number of hydrogen-bond donors (Lipinski definition) is 0. The Kier molecular flexibility index (Phi) is 6.83. The Hall–Kier alpha value is -1.84. The fourth-order valence-corrected chi connectivity index (χ4v) is 3.26. The molecule has 24 heavy (non-hydrogen) atoms. The molecule has 2 amide bonds. The van der Waals surface area contributed by atoms with Gasteiger partial charge in [-0.3, -0.25) is 9.59 Å². The summed E-state index contributed by atoms with van der Waals surface area (Å²) in [7, 11) is 0. The van der Waals surface area contributed by atoms with Gasteiger partial charge in [-0.1, -0.05) is 44.9 Å². The Labute approximate surface area is 145 Å². The summed E-state index contributed by atoms with van der Waals surface area (Å²) >= 11 is 0. The van der Waals surface area contributed by atoms with Crippen LogP contribution in [-0.2, 0) is 9.59 Å². The molecule has 0 radical (unpaired) electrons. The standard InChI is InChI=1S/C20H30N2O2/c1-4-6-12-21(13-7-5-2)20(24)17-14-19(23)22(15-17)18-11-9-8-10-16(18)3/h8-11,17H,4-7,12-15H2,1-3H3. The monoisotopic (exact) mass is 330 g/mol. The second-order valence-electron chi connectivity index (χ2n) is 6.72. The molecular formula is C20H30N2O2. The fraction of sp³-hybridized carbons (Fsp3) is 0.600. The van der Waals surface area contributed by atoms with E-state index >= 15 is 0 Å². The van der Waals surface area contributed by atoms with Gasteiger partial charge in [0.2, 0.25) is 11.8 Å². The number of carbonyl (C=O) groups is 2. The van der Waals surface area contributed by atoms with E-state index < -0.39 is 0 Å². The summed E-state index contributed by atoms with van der Waals surface area (Å²) in [5.41, 5.74) is 2.01. The van der Waals surface area contributed by atoms with Crippen LogP contribution in [0.2, 0.25) is 0 Å².